The Morgan fingerprint density at radius 3 is 2.45 bits per heavy atom. The van der Waals surface area contributed by atoms with Crippen molar-refractivity contribution in [2.75, 3.05) is 5.32 Å². The van der Waals surface area contributed by atoms with Crippen LogP contribution in [0.2, 0.25) is 10.0 Å². The highest BCUT2D eigenvalue weighted by atomic mass is 35.5. The predicted octanol–water partition coefficient (Wildman–Crippen LogP) is 4.77. The molecule has 2 nitrogen and oxygen atoms in total. The Kier molecular flexibility index (Phi) is 4.97. The molecule has 0 saturated carbocycles. The molecule has 104 valence electrons. The van der Waals surface area contributed by atoms with Gasteiger partial charge in [0.2, 0.25) is 5.91 Å². The van der Waals surface area contributed by atoms with Crippen molar-refractivity contribution in [1.82, 2.24) is 0 Å². The number of nitrogens with one attached hydrogen (secondary N) is 1. The third-order valence-corrected chi connectivity index (χ3v) is 3.95. The monoisotopic (exact) mass is 325 g/mol. The molecule has 5 heteroatoms. The summed E-state index contributed by atoms with van der Waals surface area (Å²) in [6, 6.07) is 10.9. The third-order valence-electron chi connectivity index (χ3n) is 2.85. The van der Waals surface area contributed by atoms with Gasteiger partial charge in [0.05, 0.1) is 22.2 Å². The van der Waals surface area contributed by atoms with Gasteiger partial charge in [-0.05, 0) is 36.2 Å². The van der Waals surface area contributed by atoms with E-state index in [1.807, 2.05) is 37.3 Å². The third kappa shape index (κ3) is 3.69. The van der Waals surface area contributed by atoms with E-state index in [-0.39, 0.29) is 12.3 Å². The van der Waals surface area contributed by atoms with Crippen LogP contribution in [0.4, 0.5) is 5.69 Å². The Labute approximate surface area is 133 Å². The van der Waals surface area contributed by atoms with Crippen molar-refractivity contribution in [3.8, 4) is 0 Å². The van der Waals surface area contributed by atoms with E-state index in [9.17, 15) is 4.79 Å². The van der Waals surface area contributed by atoms with Gasteiger partial charge in [-0.15, -0.1) is 12.6 Å². The lowest BCUT2D eigenvalue weighted by atomic mass is 10.1. The van der Waals surface area contributed by atoms with E-state index in [0.29, 0.717) is 15.7 Å². The minimum Gasteiger partial charge on any atom is -0.323 e. The molecule has 0 spiro atoms. The smallest absolute Gasteiger partial charge is 0.228 e. The highest BCUT2D eigenvalue weighted by Gasteiger charge is 2.12. The maximum atomic E-state index is 12.0. The number of carbonyl (C=O) groups is 1. The van der Waals surface area contributed by atoms with Crippen molar-refractivity contribution < 1.29 is 4.79 Å². The zero-order chi connectivity index (χ0) is 14.7. The zero-order valence-electron chi connectivity index (χ0n) is 10.8. The molecular weight excluding hydrogens is 313 g/mol. The van der Waals surface area contributed by atoms with E-state index in [1.54, 1.807) is 6.07 Å². The molecule has 2 rings (SSSR count). The van der Waals surface area contributed by atoms with Gasteiger partial charge in [-0.3, -0.25) is 4.79 Å². The first-order valence-corrected chi connectivity index (χ1v) is 7.20. The van der Waals surface area contributed by atoms with Crippen LogP contribution in [-0.2, 0) is 11.2 Å². The lowest BCUT2D eigenvalue weighted by molar-refractivity contribution is -0.115. The average molecular weight is 326 g/mol. The van der Waals surface area contributed by atoms with E-state index < -0.39 is 0 Å². The van der Waals surface area contributed by atoms with E-state index in [2.05, 4.69) is 17.9 Å². The summed E-state index contributed by atoms with van der Waals surface area (Å²) < 4.78 is 0. The lowest BCUT2D eigenvalue weighted by Crippen LogP contribution is -2.15. The average Bonchev–Trinajstić information content (AvgIpc) is 2.42. The number of amides is 1. The number of thiol groups is 1. The van der Waals surface area contributed by atoms with Crippen LogP contribution in [0.3, 0.4) is 0 Å². The Bertz CT molecular complexity index is 641. The highest BCUT2D eigenvalue weighted by molar-refractivity contribution is 7.80. The second-order valence-corrected chi connectivity index (χ2v) is 5.75. The molecule has 0 unspecified atom stereocenters. The summed E-state index contributed by atoms with van der Waals surface area (Å²) in [6.07, 6.45) is 0.259. The number of aryl methyl sites for hydroxylation is 1. The number of hydrogen-bond acceptors (Lipinski definition) is 2. The van der Waals surface area contributed by atoms with Gasteiger partial charge < -0.3 is 5.32 Å². The van der Waals surface area contributed by atoms with Crippen LogP contribution >= 0.6 is 35.8 Å². The van der Waals surface area contributed by atoms with Gasteiger partial charge in [-0.25, -0.2) is 0 Å². The van der Waals surface area contributed by atoms with Gasteiger partial charge >= 0.3 is 0 Å². The minimum atomic E-state index is -0.161. The molecule has 0 fully saturated rings. The molecule has 1 amide bonds. The van der Waals surface area contributed by atoms with Gasteiger partial charge in [0.15, 0.2) is 0 Å². The number of anilines is 1. The van der Waals surface area contributed by atoms with E-state index in [0.717, 1.165) is 16.0 Å². The maximum absolute atomic E-state index is 12.0. The Morgan fingerprint density at radius 1 is 1.15 bits per heavy atom. The molecule has 2 aromatic carbocycles. The first kappa shape index (κ1) is 15.2. The van der Waals surface area contributed by atoms with E-state index in [4.69, 9.17) is 23.2 Å². The lowest BCUT2D eigenvalue weighted by Gasteiger charge is -2.11. The van der Waals surface area contributed by atoms with Gasteiger partial charge in [-0.2, -0.15) is 0 Å². The Balaban J connectivity index is 2.12. The van der Waals surface area contributed by atoms with Crippen LogP contribution in [0.15, 0.2) is 41.3 Å². The first-order valence-electron chi connectivity index (χ1n) is 5.99. The van der Waals surface area contributed by atoms with Crippen molar-refractivity contribution in [3.63, 3.8) is 0 Å². The molecule has 0 saturated heterocycles. The molecule has 0 aliphatic heterocycles. The molecule has 2 aromatic rings. The van der Waals surface area contributed by atoms with Crippen molar-refractivity contribution in [2.45, 2.75) is 18.2 Å². The summed E-state index contributed by atoms with van der Waals surface area (Å²) in [4.78, 5) is 12.9. The second-order valence-electron chi connectivity index (χ2n) is 4.44. The van der Waals surface area contributed by atoms with Crippen LogP contribution in [-0.4, -0.2) is 5.91 Å². The van der Waals surface area contributed by atoms with Crippen LogP contribution < -0.4 is 5.32 Å². The van der Waals surface area contributed by atoms with Crippen molar-refractivity contribution in [1.29, 1.82) is 0 Å². The van der Waals surface area contributed by atoms with E-state index >= 15 is 0 Å². The molecular formula is C15H13Cl2NOS. The number of rotatable bonds is 3. The number of halogens is 2. The second kappa shape index (κ2) is 6.53. The van der Waals surface area contributed by atoms with Crippen LogP contribution in [0.1, 0.15) is 11.1 Å². The summed E-state index contributed by atoms with van der Waals surface area (Å²) in [7, 11) is 0. The number of hydrogen-bond donors (Lipinski definition) is 2. The van der Waals surface area contributed by atoms with Crippen LogP contribution in [0.25, 0.3) is 0 Å². The summed E-state index contributed by atoms with van der Waals surface area (Å²) in [5.74, 6) is -0.161. The molecule has 0 aliphatic rings. The molecule has 0 radical (unpaired) electrons. The fraction of sp³-hybridized carbons (Fsp3) is 0.133. The fourth-order valence-corrected chi connectivity index (χ4v) is 2.37. The Hall–Kier alpha value is -1.16. The largest absolute Gasteiger partial charge is 0.323 e. The van der Waals surface area contributed by atoms with Crippen molar-refractivity contribution in [2.24, 2.45) is 0 Å². The van der Waals surface area contributed by atoms with Gasteiger partial charge in [0.25, 0.3) is 0 Å². The van der Waals surface area contributed by atoms with Crippen molar-refractivity contribution in [3.05, 3.63) is 57.6 Å². The molecule has 0 heterocycles. The molecule has 0 bridgehead atoms. The Morgan fingerprint density at radius 2 is 1.80 bits per heavy atom. The summed E-state index contributed by atoms with van der Waals surface area (Å²) in [5.41, 5.74) is 2.23. The quantitative estimate of drug-likeness (QED) is 0.782. The molecule has 20 heavy (non-hydrogen) atoms. The summed E-state index contributed by atoms with van der Waals surface area (Å²) >= 11 is 16.4. The fourth-order valence-electron chi connectivity index (χ4n) is 1.75. The van der Waals surface area contributed by atoms with Crippen LogP contribution in [0.5, 0.6) is 0 Å². The zero-order valence-corrected chi connectivity index (χ0v) is 13.2. The number of benzene rings is 2. The predicted molar refractivity (Wildman–Crippen MR) is 87.2 cm³/mol. The standard InChI is InChI=1S/C15H13Cl2NOS/c1-9-2-7-12(16)15(14(9)17)18-13(19)8-10-3-5-11(20)6-4-10/h2-7,20H,8H2,1H3,(H,18,19). The van der Waals surface area contributed by atoms with E-state index in [1.165, 1.54) is 0 Å². The number of carbonyl (C=O) groups excluding carboxylic acids is 1. The maximum Gasteiger partial charge on any atom is 0.228 e. The molecule has 0 aliphatic carbocycles. The normalized spacial score (nSPS) is 10.4. The van der Waals surface area contributed by atoms with Crippen LogP contribution in [0, 0.1) is 6.92 Å². The summed E-state index contributed by atoms with van der Waals surface area (Å²) in [6.45, 7) is 1.86. The SMILES string of the molecule is Cc1ccc(Cl)c(NC(=O)Cc2ccc(S)cc2)c1Cl. The van der Waals surface area contributed by atoms with Gasteiger partial charge in [-0.1, -0.05) is 41.4 Å². The first-order chi connectivity index (χ1) is 9.47. The highest BCUT2D eigenvalue weighted by Crippen LogP contribution is 2.32. The topological polar surface area (TPSA) is 29.1 Å². The summed E-state index contributed by atoms with van der Waals surface area (Å²) in [5, 5.41) is 3.66. The molecule has 0 aromatic heterocycles. The van der Waals surface area contributed by atoms with Gasteiger partial charge in [0.1, 0.15) is 0 Å². The van der Waals surface area contributed by atoms with Gasteiger partial charge in [0, 0.05) is 4.90 Å². The molecule has 1 N–H and O–H groups in total. The molecule has 0 atom stereocenters. The van der Waals surface area contributed by atoms with Crippen molar-refractivity contribution >= 4 is 47.4 Å². The minimum absolute atomic E-state index is 0.161.